The van der Waals surface area contributed by atoms with Crippen LogP contribution in [-0.2, 0) is 0 Å². The minimum absolute atomic E-state index is 0.401. The highest BCUT2D eigenvalue weighted by atomic mass is 35.5. The summed E-state index contributed by atoms with van der Waals surface area (Å²) in [5.74, 6) is 0. The molecular weight excluding hydrogens is 134 g/mol. The quantitative estimate of drug-likeness (QED) is 0.411. The highest BCUT2D eigenvalue weighted by Crippen LogP contribution is 2.20. The van der Waals surface area contributed by atoms with E-state index in [9.17, 15) is 0 Å². The lowest BCUT2D eigenvalue weighted by atomic mass is 10.1. The van der Waals surface area contributed by atoms with Crippen molar-refractivity contribution in [3.8, 4) is 0 Å². The van der Waals surface area contributed by atoms with Crippen molar-refractivity contribution in [2.75, 3.05) is 0 Å². The van der Waals surface area contributed by atoms with Gasteiger partial charge in [-0.15, -0.1) is 11.6 Å². The smallest absolute Gasteiger partial charge is 0.0336 e. The van der Waals surface area contributed by atoms with Crippen LogP contribution in [0.15, 0.2) is 0 Å². The Balaban J connectivity index is 2.25. The fourth-order valence-corrected chi connectivity index (χ4v) is 1.57. The van der Waals surface area contributed by atoms with E-state index in [0.717, 1.165) is 19.3 Å². The van der Waals surface area contributed by atoms with Gasteiger partial charge in [0, 0.05) is 11.4 Å². The zero-order valence-corrected chi connectivity index (χ0v) is 6.40. The molecule has 1 rings (SSSR count). The summed E-state index contributed by atoms with van der Waals surface area (Å²) in [5, 5.41) is 0.401. The molecule has 0 saturated heterocycles. The van der Waals surface area contributed by atoms with Crippen LogP contribution in [0.25, 0.3) is 0 Å². The van der Waals surface area contributed by atoms with Gasteiger partial charge in [0.2, 0.25) is 0 Å². The molecule has 1 fully saturated rings. The Morgan fingerprint density at radius 1 is 1.11 bits per heavy atom. The second-order valence-electron chi connectivity index (χ2n) is 2.87. The predicted octanol–water partition coefficient (Wildman–Crippen LogP) is 1.89. The summed E-state index contributed by atoms with van der Waals surface area (Å²) < 4.78 is 0. The maximum absolute atomic E-state index is 5.93. The Hall–Kier alpha value is 0.250. The van der Waals surface area contributed by atoms with Crippen LogP contribution < -0.4 is 5.73 Å². The molecule has 0 aromatic heterocycles. The number of hydrogen-bond donors (Lipinski definition) is 1. The molecule has 2 N–H and O–H groups in total. The molecule has 0 amide bonds. The fraction of sp³-hybridized carbons (Fsp3) is 1.00. The summed E-state index contributed by atoms with van der Waals surface area (Å²) in [4.78, 5) is 0. The van der Waals surface area contributed by atoms with Gasteiger partial charge in [0.05, 0.1) is 0 Å². The largest absolute Gasteiger partial charge is 0.328 e. The molecule has 1 nitrogen and oxygen atoms in total. The normalized spacial score (nSPS) is 38.0. The topological polar surface area (TPSA) is 26.0 Å². The van der Waals surface area contributed by atoms with Crippen LogP contribution in [0.2, 0.25) is 0 Å². The lowest BCUT2D eigenvalue weighted by Crippen LogP contribution is -2.18. The highest BCUT2D eigenvalue weighted by Gasteiger charge is 2.13. The van der Waals surface area contributed by atoms with E-state index in [1.165, 1.54) is 12.8 Å². The van der Waals surface area contributed by atoms with Crippen molar-refractivity contribution in [1.29, 1.82) is 0 Å². The summed E-state index contributed by atoms with van der Waals surface area (Å²) in [6.45, 7) is 0. The Bertz CT molecular complexity index is 75.0. The average Bonchev–Trinajstić information content (AvgIpc) is 1.97. The first-order valence-electron chi connectivity index (χ1n) is 3.68. The third-order valence-corrected chi connectivity index (χ3v) is 2.38. The van der Waals surface area contributed by atoms with Crippen LogP contribution in [0, 0.1) is 0 Å². The molecule has 2 unspecified atom stereocenters. The first-order valence-corrected chi connectivity index (χ1v) is 4.12. The Labute approximate surface area is 61.6 Å². The van der Waals surface area contributed by atoms with Crippen LogP contribution >= 0.6 is 11.6 Å². The van der Waals surface area contributed by atoms with Crippen molar-refractivity contribution in [3.63, 3.8) is 0 Å². The van der Waals surface area contributed by atoms with E-state index in [2.05, 4.69) is 0 Å². The SMILES string of the molecule is NC1CCCC(Cl)CC1. The Morgan fingerprint density at radius 3 is 2.67 bits per heavy atom. The van der Waals surface area contributed by atoms with Gasteiger partial charge in [-0.05, 0) is 25.7 Å². The molecule has 9 heavy (non-hydrogen) atoms. The molecule has 0 spiro atoms. The average molecular weight is 148 g/mol. The van der Waals surface area contributed by atoms with Crippen LogP contribution in [-0.4, -0.2) is 11.4 Å². The number of halogens is 1. The van der Waals surface area contributed by atoms with Gasteiger partial charge in [-0.1, -0.05) is 6.42 Å². The van der Waals surface area contributed by atoms with E-state index in [1.807, 2.05) is 0 Å². The zero-order chi connectivity index (χ0) is 6.69. The van der Waals surface area contributed by atoms with Gasteiger partial charge >= 0.3 is 0 Å². The summed E-state index contributed by atoms with van der Waals surface area (Å²) in [5.41, 5.74) is 5.74. The van der Waals surface area contributed by atoms with Gasteiger partial charge in [0.1, 0.15) is 0 Å². The van der Waals surface area contributed by atoms with E-state index < -0.39 is 0 Å². The van der Waals surface area contributed by atoms with E-state index in [0.29, 0.717) is 11.4 Å². The monoisotopic (exact) mass is 147 g/mol. The van der Waals surface area contributed by atoms with Crippen LogP contribution in [0.4, 0.5) is 0 Å². The van der Waals surface area contributed by atoms with E-state index in [4.69, 9.17) is 17.3 Å². The van der Waals surface area contributed by atoms with E-state index >= 15 is 0 Å². The maximum Gasteiger partial charge on any atom is 0.0336 e. The van der Waals surface area contributed by atoms with Gasteiger partial charge in [-0.2, -0.15) is 0 Å². The molecular formula is C7H14ClN. The molecule has 1 saturated carbocycles. The zero-order valence-electron chi connectivity index (χ0n) is 5.65. The second kappa shape index (κ2) is 3.43. The summed E-state index contributed by atoms with van der Waals surface area (Å²) in [7, 11) is 0. The molecule has 0 aromatic rings. The lowest BCUT2D eigenvalue weighted by Gasteiger charge is -2.04. The molecule has 2 heteroatoms. The van der Waals surface area contributed by atoms with E-state index in [1.54, 1.807) is 0 Å². The van der Waals surface area contributed by atoms with Gasteiger partial charge in [0.25, 0.3) is 0 Å². The van der Waals surface area contributed by atoms with Crippen molar-refractivity contribution in [2.45, 2.75) is 43.5 Å². The summed E-state index contributed by atoms with van der Waals surface area (Å²) >= 11 is 5.93. The summed E-state index contributed by atoms with van der Waals surface area (Å²) in [6.07, 6.45) is 5.78. The molecule has 0 aliphatic heterocycles. The van der Waals surface area contributed by atoms with E-state index in [-0.39, 0.29) is 0 Å². The molecule has 0 heterocycles. The number of alkyl halides is 1. The molecule has 0 aromatic carbocycles. The maximum atomic E-state index is 5.93. The molecule has 2 atom stereocenters. The standard InChI is InChI=1S/C7H14ClN/c8-6-2-1-3-7(9)5-4-6/h6-7H,1-5,9H2. The second-order valence-corrected chi connectivity index (χ2v) is 3.48. The van der Waals surface area contributed by atoms with Crippen molar-refractivity contribution in [2.24, 2.45) is 5.73 Å². The Kier molecular flexibility index (Phi) is 2.80. The van der Waals surface area contributed by atoms with Gasteiger partial charge in [-0.25, -0.2) is 0 Å². The van der Waals surface area contributed by atoms with Crippen LogP contribution in [0.3, 0.4) is 0 Å². The third kappa shape index (κ3) is 2.55. The van der Waals surface area contributed by atoms with Gasteiger partial charge in [-0.3, -0.25) is 0 Å². The number of hydrogen-bond acceptors (Lipinski definition) is 1. The molecule has 0 bridgehead atoms. The van der Waals surface area contributed by atoms with Crippen LogP contribution in [0.1, 0.15) is 32.1 Å². The fourth-order valence-electron chi connectivity index (χ4n) is 1.29. The van der Waals surface area contributed by atoms with Gasteiger partial charge in [0.15, 0.2) is 0 Å². The Morgan fingerprint density at radius 2 is 1.89 bits per heavy atom. The minimum Gasteiger partial charge on any atom is -0.328 e. The highest BCUT2D eigenvalue weighted by molar-refractivity contribution is 6.20. The van der Waals surface area contributed by atoms with Crippen molar-refractivity contribution >= 4 is 11.6 Å². The van der Waals surface area contributed by atoms with Crippen molar-refractivity contribution in [3.05, 3.63) is 0 Å². The van der Waals surface area contributed by atoms with Crippen LogP contribution in [0.5, 0.6) is 0 Å². The molecule has 1 aliphatic carbocycles. The number of nitrogens with two attached hydrogens (primary N) is 1. The predicted molar refractivity (Wildman–Crippen MR) is 40.7 cm³/mol. The summed E-state index contributed by atoms with van der Waals surface area (Å²) in [6, 6.07) is 0.425. The van der Waals surface area contributed by atoms with Gasteiger partial charge < -0.3 is 5.73 Å². The molecule has 54 valence electrons. The number of rotatable bonds is 0. The first-order chi connectivity index (χ1) is 4.29. The third-order valence-electron chi connectivity index (χ3n) is 1.94. The van der Waals surface area contributed by atoms with Crippen molar-refractivity contribution in [1.82, 2.24) is 0 Å². The minimum atomic E-state index is 0.401. The molecule has 1 aliphatic rings. The van der Waals surface area contributed by atoms with Crippen molar-refractivity contribution < 1.29 is 0 Å². The first kappa shape index (κ1) is 7.36. The molecule has 0 radical (unpaired) electrons. The lowest BCUT2D eigenvalue weighted by molar-refractivity contribution is 0.583.